The Labute approximate surface area is 115 Å². The molecule has 1 aliphatic heterocycles. The molecule has 0 saturated carbocycles. The highest BCUT2D eigenvalue weighted by Gasteiger charge is 2.29. The van der Waals surface area contributed by atoms with Crippen molar-refractivity contribution in [2.75, 3.05) is 6.54 Å². The minimum absolute atomic E-state index is 0.285. The monoisotopic (exact) mass is 267 g/mol. The number of nitrogens with one attached hydrogen (secondary N) is 1. The van der Waals surface area contributed by atoms with E-state index >= 15 is 0 Å². The zero-order valence-electron chi connectivity index (χ0n) is 11.4. The Bertz CT molecular complexity index is 405. The number of hydrogen-bond acceptors (Lipinski definition) is 2. The summed E-state index contributed by atoms with van der Waals surface area (Å²) in [5.74, 6) is 1.51. The van der Waals surface area contributed by atoms with Gasteiger partial charge in [0, 0.05) is 23.0 Å². The van der Waals surface area contributed by atoms with Gasteiger partial charge >= 0.3 is 0 Å². The number of benzene rings is 1. The van der Waals surface area contributed by atoms with Crippen LogP contribution in [0.1, 0.15) is 45.2 Å². The van der Waals surface area contributed by atoms with Gasteiger partial charge in [0.2, 0.25) is 0 Å². The van der Waals surface area contributed by atoms with Crippen molar-refractivity contribution in [3.8, 4) is 5.75 Å². The molecule has 3 heteroatoms. The molecule has 0 radical (unpaired) electrons. The highest BCUT2D eigenvalue weighted by molar-refractivity contribution is 6.30. The first-order valence-electron chi connectivity index (χ1n) is 6.81. The van der Waals surface area contributed by atoms with Crippen molar-refractivity contribution in [2.24, 2.45) is 5.92 Å². The van der Waals surface area contributed by atoms with Crippen LogP contribution in [0.4, 0.5) is 0 Å². The van der Waals surface area contributed by atoms with Gasteiger partial charge in [-0.15, -0.1) is 0 Å². The van der Waals surface area contributed by atoms with E-state index in [1.807, 2.05) is 18.2 Å². The molecule has 2 unspecified atom stereocenters. The molecule has 0 aliphatic carbocycles. The Balaban J connectivity index is 2.25. The van der Waals surface area contributed by atoms with Gasteiger partial charge in [0.1, 0.15) is 11.9 Å². The maximum Gasteiger partial charge on any atom is 0.124 e. The van der Waals surface area contributed by atoms with Crippen molar-refractivity contribution in [3.05, 3.63) is 28.8 Å². The largest absolute Gasteiger partial charge is 0.490 e. The number of rotatable bonds is 4. The summed E-state index contributed by atoms with van der Waals surface area (Å²) in [7, 11) is 0. The lowest BCUT2D eigenvalue weighted by Gasteiger charge is -2.35. The second-order valence-corrected chi connectivity index (χ2v) is 5.76. The number of hydrogen-bond donors (Lipinski definition) is 1. The summed E-state index contributed by atoms with van der Waals surface area (Å²) in [5, 5.41) is 4.38. The van der Waals surface area contributed by atoms with Crippen LogP contribution >= 0.6 is 11.6 Å². The van der Waals surface area contributed by atoms with Crippen molar-refractivity contribution >= 4 is 11.6 Å². The molecule has 0 saturated heterocycles. The maximum absolute atomic E-state index is 6.09. The van der Waals surface area contributed by atoms with E-state index in [4.69, 9.17) is 16.3 Å². The Kier molecular flexibility index (Phi) is 4.52. The van der Waals surface area contributed by atoms with Crippen LogP contribution in [-0.4, -0.2) is 12.6 Å². The van der Waals surface area contributed by atoms with Gasteiger partial charge in [0.05, 0.1) is 0 Å². The van der Waals surface area contributed by atoms with Crippen LogP contribution in [-0.2, 0) is 0 Å². The summed E-state index contributed by atoms with van der Waals surface area (Å²) < 4.78 is 6.06. The fourth-order valence-electron chi connectivity index (χ4n) is 2.39. The number of fused-ring (bicyclic) bond motifs is 1. The fourth-order valence-corrected chi connectivity index (χ4v) is 2.57. The molecule has 0 fully saturated rings. The van der Waals surface area contributed by atoms with Gasteiger partial charge in [-0.05, 0) is 37.1 Å². The SMILES string of the molecule is CCCNC1CC(C(C)C)Oc2ccc(Cl)cc21. The Morgan fingerprint density at radius 3 is 2.89 bits per heavy atom. The zero-order valence-corrected chi connectivity index (χ0v) is 12.1. The summed E-state index contributed by atoms with van der Waals surface area (Å²) >= 11 is 6.09. The number of halogens is 1. The lowest BCUT2D eigenvalue weighted by molar-refractivity contribution is 0.107. The van der Waals surface area contributed by atoms with Gasteiger partial charge in [-0.3, -0.25) is 0 Å². The van der Waals surface area contributed by atoms with Gasteiger partial charge < -0.3 is 10.1 Å². The quantitative estimate of drug-likeness (QED) is 0.883. The molecule has 0 amide bonds. The minimum Gasteiger partial charge on any atom is -0.490 e. The summed E-state index contributed by atoms with van der Waals surface area (Å²) in [6.07, 6.45) is 2.44. The molecule has 1 aliphatic rings. The number of ether oxygens (including phenoxy) is 1. The van der Waals surface area contributed by atoms with Gasteiger partial charge in [-0.1, -0.05) is 32.4 Å². The van der Waals surface area contributed by atoms with E-state index in [2.05, 4.69) is 26.1 Å². The predicted molar refractivity (Wildman–Crippen MR) is 76.4 cm³/mol. The average Bonchev–Trinajstić information content (AvgIpc) is 2.35. The van der Waals surface area contributed by atoms with E-state index in [0.29, 0.717) is 12.0 Å². The molecule has 0 spiro atoms. The molecule has 0 bridgehead atoms. The zero-order chi connectivity index (χ0) is 13.1. The average molecular weight is 268 g/mol. The van der Waals surface area contributed by atoms with Crippen LogP contribution in [0.25, 0.3) is 0 Å². The van der Waals surface area contributed by atoms with Gasteiger partial charge in [0.25, 0.3) is 0 Å². The molecule has 1 N–H and O–H groups in total. The molecule has 0 aromatic heterocycles. The predicted octanol–water partition coefficient (Wildman–Crippen LogP) is 4.19. The third kappa shape index (κ3) is 2.99. The highest BCUT2D eigenvalue weighted by Crippen LogP contribution is 2.38. The lowest BCUT2D eigenvalue weighted by atomic mass is 9.91. The molecule has 18 heavy (non-hydrogen) atoms. The van der Waals surface area contributed by atoms with Crippen LogP contribution in [0.2, 0.25) is 5.02 Å². The van der Waals surface area contributed by atoms with E-state index in [0.717, 1.165) is 30.2 Å². The smallest absolute Gasteiger partial charge is 0.124 e. The van der Waals surface area contributed by atoms with E-state index in [1.54, 1.807) is 0 Å². The molecule has 1 aromatic carbocycles. The third-order valence-corrected chi connectivity index (χ3v) is 3.71. The van der Waals surface area contributed by atoms with Crippen LogP contribution in [0, 0.1) is 5.92 Å². The van der Waals surface area contributed by atoms with Crippen LogP contribution in [0.5, 0.6) is 5.75 Å². The first-order valence-corrected chi connectivity index (χ1v) is 7.19. The minimum atomic E-state index is 0.285. The molecule has 2 rings (SSSR count). The highest BCUT2D eigenvalue weighted by atomic mass is 35.5. The molecule has 2 nitrogen and oxygen atoms in total. The molecule has 2 atom stereocenters. The first-order chi connectivity index (χ1) is 8.61. The standard InChI is InChI=1S/C15H22ClNO/c1-4-7-17-13-9-15(10(2)3)18-14-6-5-11(16)8-12(13)14/h5-6,8,10,13,15,17H,4,7,9H2,1-3H3. The second kappa shape index (κ2) is 5.94. The van der Waals surface area contributed by atoms with Crippen LogP contribution in [0.15, 0.2) is 18.2 Å². The van der Waals surface area contributed by atoms with Gasteiger partial charge in [-0.2, -0.15) is 0 Å². The topological polar surface area (TPSA) is 21.3 Å². The Morgan fingerprint density at radius 1 is 1.44 bits per heavy atom. The molecule has 1 aromatic rings. The van der Waals surface area contributed by atoms with Crippen LogP contribution in [0.3, 0.4) is 0 Å². The normalized spacial score (nSPS) is 22.7. The van der Waals surface area contributed by atoms with Crippen LogP contribution < -0.4 is 10.1 Å². The summed E-state index contributed by atoms with van der Waals surface area (Å²) in [6.45, 7) is 7.64. The fraction of sp³-hybridized carbons (Fsp3) is 0.600. The first kappa shape index (κ1) is 13.7. The van der Waals surface area contributed by atoms with Crippen molar-refractivity contribution < 1.29 is 4.74 Å². The van der Waals surface area contributed by atoms with E-state index < -0.39 is 0 Å². The molecule has 1 heterocycles. The summed E-state index contributed by atoms with van der Waals surface area (Å²) in [4.78, 5) is 0. The molecular formula is C15H22ClNO. The Morgan fingerprint density at radius 2 is 2.22 bits per heavy atom. The summed E-state index contributed by atoms with van der Waals surface area (Å²) in [5.41, 5.74) is 1.20. The van der Waals surface area contributed by atoms with E-state index in [1.165, 1.54) is 5.56 Å². The maximum atomic E-state index is 6.09. The van der Waals surface area contributed by atoms with E-state index in [-0.39, 0.29) is 6.10 Å². The van der Waals surface area contributed by atoms with Crippen molar-refractivity contribution in [1.29, 1.82) is 0 Å². The Hall–Kier alpha value is -0.730. The summed E-state index contributed by atoms with van der Waals surface area (Å²) in [6, 6.07) is 6.29. The lowest BCUT2D eigenvalue weighted by Crippen LogP contribution is -2.36. The van der Waals surface area contributed by atoms with Gasteiger partial charge in [0.15, 0.2) is 0 Å². The molecule has 100 valence electrons. The van der Waals surface area contributed by atoms with Crippen molar-refractivity contribution in [2.45, 2.75) is 45.8 Å². The third-order valence-electron chi connectivity index (χ3n) is 3.48. The van der Waals surface area contributed by atoms with E-state index in [9.17, 15) is 0 Å². The molecular weight excluding hydrogens is 246 g/mol. The van der Waals surface area contributed by atoms with Gasteiger partial charge in [-0.25, -0.2) is 0 Å². The van der Waals surface area contributed by atoms with Crippen molar-refractivity contribution in [3.63, 3.8) is 0 Å². The second-order valence-electron chi connectivity index (χ2n) is 5.32. The van der Waals surface area contributed by atoms with Crippen molar-refractivity contribution in [1.82, 2.24) is 5.32 Å².